The highest BCUT2D eigenvalue weighted by Crippen LogP contribution is 2.50. The number of cyclic esters (lactones) is 1. The number of carboxylic acid groups (broad SMARTS) is 1. The molecule has 16 rings (SSSR count). The lowest BCUT2D eigenvalue weighted by molar-refractivity contribution is -0.167. The summed E-state index contributed by atoms with van der Waals surface area (Å²) < 4.78 is 45.7. The maximum Gasteiger partial charge on any atom is 0.338 e. The molecule has 2 saturated heterocycles. The molecule has 0 spiro atoms. The van der Waals surface area contributed by atoms with Crippen molar-refractivity contribution in [3.63, 3.8) is 0 Å². The van der Waals surface area contributed by atoms with E-state index in [0.717, 1.165) is 79.1 Å². The predicted molar refractivity (Wildman–Crippen MR) is 421 cm³/mol. The van der Waals surface area contributed by atoms with Gasteiger partial charge in [-0.25, -0.2) is 55.0 Å². The highest BCUT2D eigenvalue weighted by Gasteiger charge is 2.55. The van der Waals surface area contributed by atoms with Crippen LogP contribution in [0.4, 0.5) is 16.0 Å². The molecule has 0 radical (unpaired) electrons. The first-order chi connectivity index (χ1) is 54.4. The van der Waals surface area contributed by atoms with E-state index in [1.807, 2.05) is 38.1 Å². The third-order valence-corrected chi connectivity index (χ3v) is 23.4. The number of anilines is 2. The number of halogens is 1. The quantitative estimate of drug-likeness (QED) is 0.0301. The van der Waals surface area contributed by atoms with E-state index in [2.05, 4.69) is 105 Å². The smallest absolute Gasteiger partial charge is 0.338 e. The Labute approximate surface area is 658 Å². The molecule has 606 valence electrons. The number of hydrogen-bond acceptors (Lipinski definition) is 25. The number of carbonyl (C=O) groups is 2. The van der Waals surface area contributed by atoms with E-state index < -0.39 is 83.6 Å². The lowest BCUT2D eigenvalue weighted by atomic mass is 9.76. The van der Waals surface area contributed by atoms with E-state index in [0.29, 0.717) is 76.1 Å². The fraction of sp³-hybridized carbons (Fsp3) is 0.500. The van der Waals surface area contributed by atoms with Gasteiger partial charge in [-0.1, -0.05) is 56.4 Å². The van der Waals surface area contributed by atoms with E-state index in [-0.39, 0.29) is 48.6 Å². The normalized spacial score (nSPS) is 24.6. The number of imidazole rings is 1. The number of ether oxygens (including phenoxy) is 4. The average Bonchev–Trinajstić information content (AvgIpc) is 1.58. The summed E-state index contributed by atoms with van der Waals surface area (Å²) in [6.45, 7) is 19.9. The van der Waals surface area contributed by atoms with Crippen LogP contribution in [0.1, 0.15) is 161 Å². The largest absolute Gasteiger partial charge is 0.512 e. The second kappa shape index (κ2) is 33.3. The molecule has 2 saturated carbocycles. The van der Waals surface area contributed by atoms with E-state index in [1.165, 1.54) is 92.2 Å². The number of aliphatic hydroxyl groups is 7. The SMILES string of the molecule is CN(C)CCN(C)[C@H]1COc2ccccc2-c2c(C3CCCCC3)c3ccc(C(=O)O)cc3n2C1.C[C@@]1(O)[C@H](O)[C@@H](CO)O[C@H]1n1ccc2c(N)ncnc21.C[C@@]1(O)[C@H](O)[C@@H](CO)O[C@H]1n1cnc2c(N)ncnc21.[C-]#[N+]C(C)(C)c1ccc(CCC2(C3CCCC3)CC(O)=C(Cc3nc4nc(C)cc(C)n4n3)C(=O)O2)cc1F. The molecule has 114 heavy (non-hydrogen) atoms. The second-order valence-corrected chi connectivity index (χ2v) is 32.0. The van der Waals surface area contributed by atoms with E-state index in [9.17, 15) is 54.8 Å². The third-order valence-electron chi connectivity index (χ3n) is 23.4. The maximum absolute atomic E-state index is 14.9. The molecule has 6 aliphatic rings. The van der Waals surface area contributed by atoms with Gasteiger partial charge < -0.3 is 90.1 Å². The number of hydrogen-bond donors (Lipinski definition) is 10. The van der Waals surface area contributed by atoms with Gasteiger partial charge in [0.15, 0.2) is 29.7 Å². The number of benzene rings is 3. The summed E-state index contributed by atoms with van der Waals surface area (Å²) in [6.07, 6.45) is 11.0. The molecule has 32 heteroatoms. The second-order valence-electron chi connectivity index (χ2n) is 32.0. The molecule has 4 fully saturated rings. The zero-order valence-corrected chi connectivity index (χ0v) is 65.6. The van der Waals surface area contributed by atoms with Gasteiger partial charge in [-0.2, -0.15) is 4.98 Å². The van der Waals surface area contributed by atoms with Gasteiger partial charge in [0.05, 0.1) is 53.4 Å². The van der Waals surface area contributed by atoms with Crippen molar-refractivity contribution < 1.29 is 73.8 Å². The van der Waals surface area contributed by atoms with Crippen molar-refractivity contribution in [3.05, 3.63) is 166 Å². The minimum Gasteiger partial charge on any atom is -0.512 e. The molecule has 10 aromatic rings. The van der Waals surface area contributed by atoms with Crippen LogP contribution in [0, 0.1) is 32.2 Å². The predicted octanol–water partition coefficient (Wildman–Crippen LogP) is 8.63. The first-order valence-corrected chi connectivity index (χ1v) is 38.7. The van der Waals surface area contributed by atoms with E-state index in [1.54, 1.807) is 47.3 Å². The number of nitrogens with zero attached hydrogens (tertiary/aromatic N) is 15. The molecule has 10 atom stereocenters. The number of nitrogen functional groups attached to an aromatic ring is 2. The van der Waals surface area contributed by atoms with Crippen molar-refractivity contribution in [2.24, 2.45) is 5.92 Å². The van der Waals surface area contributed by atoms with Crippen molar-refractivity contribution in [2.45, 2.75) is 203 Å². The van der Waals surface area contributed by atoms with E-state index >= 15 is 0 Å². The number of aliphatic hydroxyl groups excluding tert-OH is 5. The Balaban J connectivity index is 0.000000138. The van der Waals surface area contributed by atoms with E-state index in [4.69, 9.17) is 37.0 Å². The number of esters is 1. The lowest BCUT2D eigenvalue weighted by Crippen LogP contribution is -2.46. The minimum absolute atomic E-state index is 0.0122. The van der Waals surface area contributed by atoms with Crippen LogP contribution >= 0.6 is 0 Å². The van der Waals surface area contributed by atoms with Gasteiger partial charge in [-0.05, 0) is 159 Å². The third kappa shape index (κ3) is 16.2. The molecule has 31 nitrogen and oxygen atoms in total. The molecule has 7 aromatic heterocycles. The van der Waals surface area contributed by atoms with Crippen molar-refractivity contribution in [1.29, 1.82) is 0 Å². The Bertz CT molecular complexity index is 5140. The van der Waals surface area contributed by atoms with Crippen LogP contribution in [-0.2, 0) is 43.9 Å². The highest BCUT2D eigenvalue weighted by atomic mass is 19.1. The van der Waals surface area contributed by atoms with Crippen molar-refractivity contribution in [1.82, 2.24) is 68.0 Å². The molecular weight excluding hydrogens is 1470 g/mol. The van der Waals surface area contributed by atoms with Gasteiger partial charge in [0.2, 0.25) is 0 Å². The zero-order valence-electron chi connectivity index (χ0n) is 65.6. The van der Waals surface area contributed by atoms with Gasteiger partial charge in [0.25, 0.3) is 11.3 Å². The highest BCUT2D eigenvalue weighted by molar-refractivity contribution is 5.99. The number of fused-ring (bicyclic) bond motifs is 8. The number of aromatic carboxylic acids is 1. The first-order valence-electron chi connectivity index (χ1n) is 38.7. The number of nitrogens with two attached hydrogens (primary N) is 2. The lowest BCUT2D eigenvalue weighted by Gasteiger charge is -2.41. The number of carbonyl (C=O) groups excluding carboxylic acids is 1. The number of aryl methyl sites for hydroxylation is 3. The Morgan fingerprint density at radius 2 is 1.46 bits per heavy atom. The van der Waals surface area contributed by atoms with Crippen LogP contribution in [0.3, 0.4) is 0 Å². The molecule has 12 N–H and O–H groups in total. The Morgan fingerprint density at radius 1 is 0.798 bits per heavy atom. The topological polar surface area (TPSA) is 418 Å². The number of aromatic nitrogens is 12. The Hall–Kier alpha value is -10.2. The summed E-state index contributed by atoms with van der Waals surface area (Å²) in [5, 5.41) is 86.5. The number of likely N-dealkylation sites (N-methyl/N-ethyl adjacent to an activating group) is 2. The number of para-hydroxylation sites is 1. The molecule has 2 aliphatic carbocycles. The average molecular weight is 1570 g/mol. The monoisotopic (exact) mass is 1570 g/mol. The number of rotatable bonds is 17. The minimum atomic E-state index is -1.60. The summed E-state index contributed by atoms with van der Waals surface area (Å²) in [5.74, 6) is 1.07. The molecule has 4 aliphatic heterocycles. The summed E-state index contributed by atoms with van der Waals surface area (Å²) in [5.41, 5.74) is 15.9. The van der Waals surface area contributed by atoms with Crippen molar-refractivity contribution >= 4 is 62.5 Å². The van der Waals surface area contributed by atoms with Crippen molar-refractivity contribution in [2.75, 3.05) is 65.5 Å². The molecule has 0 bridgehead atoms. The standard InChI is InChI=1S/C30H34FN5O3.C29H37N3O3.C12H16N4O4.C11H15N5O4/c1-18-14-19(2)36-28(33-18)34-26(35-36)16-22-25(37)17-30(39-27(22)38,21-8-6-7-9-21)13-12-20-10-11-23(24(31)15-20)29(3,4)32-5;1-30(2)15-16-31(3)22-18-32-25-17-21(29(33)34)13-14-23(25)27(20-9-5-4-6-10-20)28(32)24-11-7-8-12-26(24)35-19-22;1-12(19)8(18)7(4-17)20-11(12)16-3-2-6-9(13)14-5-15-10(6)16;1-11(19)7(18)5(2-17)20-10(11)16-4-15-6-8(12)13-3-14-9(6)16/h10-11,14-15,21,37H,6-9,12-13,16-17H2,1-4H3;7-8,11-14,17,20,22H,4-6,9-10,15-16,18-19H2,1-3H3,(H,33,34);2-3,5,7-8,11,17-19H,4H2,1H3,(H2,13,14,15);3-5,7,10,17-19H,2H2,1H3,(H2,12,13,14)/t;22-;7-,8-,11-,12-;5-,7-,10-,11-/m.111/s1. The molecule has 1 unspecified atom stereocenters. The van der Waals surface area contributed by atoms with Crippen LogP contribution in [0.25, 0.3) is 55.0 Å². The van der Waals surface area contributed by atoms with Crippen LogP contribution in [0.5, 0.6) is 5.75 Å². The molecule has 3 aromatic carbocycles. The van der Waals surface area contributed by atoms with Gasteiger partial charge in [-0.3, -0.25) is 9.47 Å². The van der Waals surface area contributed by atoms with Crippen LogP contribution in [0.2, 0.25) is 0 Å². The van der Waals surface area contributed by atoms with Gasteiger partial charge in [-0.15, -0.1) is 5.10 Å². The fourth-order valence-corrected chi connectivity index (χ4v) is 16.9. The first kappa shape index (κ1) is 81.8. The van der Waals surface area contributed by atoms with Crippen LogP contribution in [0.15, 0.2) is 109 Å². The summed E-state index contributed by atoms with van der Waals surface area (Å²) >= 11 is 0. The van der Waals surface area contributed by atoms with Gasteiger partial charge in [0, 0.05) is 80.4 Å². The zero-order chi connectivity index (χ0) is 81.5. The van der Waals surface area contributed by atoms with Crippen LogP contribution in [-0.4, -0.2) is 222 Å². The van der Waals surface area contributed by atoms with Gasteiger partial charge >= 0.3 is 11.9 Å². The Morgan fingerprint density at radius 3 is 2.11 bits per heavy atom. The maximum atomic E-state index is 14.9. The Kier molecular flexibility index (Phi) is 23.9. The summed E-state index contributed by atoms with van der Waals surface area (Å²) in [7, 11) is 6.36. The summed E-state index contributed by atoms with van der Waals surface area (Å²) in [4.78, 5) is 62.3. The summed E-state index contributed by atoms with van der Waals surface area (Å²) in [6, 6.07) is 22.8. The molecule has 11 heterocycles. The van der Waals surface area contributed by atoms with Crippen LogP contribution < -0.4 is 16.2 Å². The molecular formula is C82H102FN17O14. The van der Waals surface area contributed by atoms with Gasteiger partial charge in [0.1, 0.15) is 94.8 Å². The molecule has 0 amide bonds. The number of carboxylic acids is 1. The van der Waals surface area contributed by atoms with Crippen molar-refractivity contribution in [3.8, 4) is 17.0 Å². The fourth-order valence-electron chi connectivity index (χ4n) is 16.9.